The van der Waals surface area contributed by atoms with Gasteiger partial charge in [0.2, 0.25) is 5.91 Å². The van der Waals surface area contributed by atoms with Crippen LogP contribution in [0.25, 0.3) is 0 Å². The van der Waals surface area contributed by atoms with Gasteiger partial charge in [-0.05, 0) is 37.5 Å². The molecule has 158 valence electrons. The number of hydrogen-bond acceptors (Lipinski definition) is 5. The maximum absolute atomic E-state index is 13.5. The SMILES string of the molecule is COc1cccc(CN2CCCC3(CCN(C(=O)c4ccccn4)C3)C2=O)c1OC. The van der Waals surface area contributed by atoms with Gasteiger partial charge in [0.05, 0.1) is 19.6 Å². The summed E-state index contributed by atoms with van der Waals surface area (Å²) in [4.78, 5) is 34.2. The average molecular weight is 409 g/mol. The van der Waals surface area contributed by atoms with Gasteiger partial charge in [-0.3, -0.25) is 14.6 Å². The van der Waals surface area contributed by atoms with E-state index in [0.29, 0.717) is 49.8 Å². The Morgan fingerprint density at radius 3 is 2.70 bits per heavy atom. The minimum absolute atomic E-state index is 0.105. The Labute approximate surface area is 176 Å². The van der Waals surface area contributed by atoms with Gasteiger partial charge in [0.15, 0.2) is 11.5 Å². The van der Waals surface area contributed by atoms with Crippen molar-refractivity contribution in [3.63, 3.8) is 0 Å². The Balaban J connectivity index is 1.51. The first kappa shape index (κ1) is 20.2. The number of carbonyl (C=O) groups excluding carboxylic acids is 2. The maximum atomic E-state index is 13.5. The van der Waals surface area contributed by atoms with Gasteiger partial charge in [-0.15, -0.1) is 0 Å². The van der Waals surface area contributed by atoms with E-state index in [9.17, 15) is 9.59 Å². The number of aromatic nitrogens is 1. The first-order valence-electron chi connectivity index (χ1n) is 10.3. The molecule has 2 fully saturated rings. The number of amides is 2. The summed E-state index contributed by atoms with van der Waals surface area (Å²) in [6, 6.07) is 11.0. The quantitative estimate of drug-likeness (QED) is 0.759. The van der Waals surface area contributed by atoms with Crippen molar-refractivity contribution in [1.29, 1.82) is 0 Å². The third-order valence-corrected chi connectivity index (χ3v) is 6.19. The molecule has 2 aliphatic rings. The van der Waals surface area contributed by atoms with Crippen LogP contribution in [0.4, 0.5) is 0 Å². The van der Waals surface area contributed by atoms with E-state index in [1.54, 1.807) is 43.5 Å². The summed E-state index contributed by atoms with van der Waals surface area (Å²) in [6.07, 6.45) is 4.04. The van der Waals surface area contributed by atoms with Gasteiger partial charge in [0.1, 0.15) is 5.69 Å². The second-order valence-electron chi connectivity index (χ2n) is 7.95. The lowest BCUT2D eigenvalue weighted by molar-refractivity contribution is -0.146. The molecule has 1 unspecified atom stereocenters. The van der Waals surface area contributed by atoms with Crippen molar-refractivity contribution in [1.82, 2.24) is 14.8 Å². The van der Waals surface area contributed by atoms with Crippen molar-refractivity contribution < 1.29 is 19.1 Å². The van der Waals surface area contributed by atoms with Gasteiger partial charge in [0.25, 0.3) is 5.91 Å². The minimum Gasteiger partial charge on any atom is -0.493 e. The van der Waals surface area contributed by atoms with E-state index in [1.165, 1.54) is 0 Å². The lowest BCUT2D eigenvalue weighted by Crippen LogP contribution is -2.50. The lowest BCUT2D eigenvalue weighted by atomic mass is 9.78. The molecule has 30 heavy (non-hydrogen) atoms. The Kier molecular flexibility index (Phi) is 5.61. The molecule has 0 saturated carbocycles. The summed E-state index contributed by atoms with van der Waals surface area (Å²) in [5.74, 6) is 1.33. The second kappa shape index (κ2) is 8.34. The molecular formula is C23H27N3O4. The molecule has 0 bridgehead atoms. The van der Waals surface area contributed by atoms with Crippen molar-refractivity contribution in [3.8, 4) is 11.5 Å². The number of ether oxygens (including phenoxy) is 2. The number of carbonyl (C=O) groups is 2. The van der Waals surface area contributed by atoms with E-state index in [-0.39, 0.29) is 11.8 Å². The van der Waals surface area contributed by atoms with Crippen molar-refractivity contribution in [3.05, 3.63) is 53.9 Å². The highest BCUT2D eigenvalue weighted by Gasteiger charge is 2.49. The van der Waals surface area contributed by atoms with E-state index >= 15 is 0 Å². The van der Waals surface area contributed by atoms with Crippen LogP contribution in [0.3, 0.4) is 0 Å². The van der Waals surface area contributed by atoms with Crippen LogP contribution in [0.5, 0.6) is 11.5 Å². The molecule has 0 N–H and O–H groups in total. The molecule has 1 spiro atoms. The van der Waals surface area contributed by atoms with Crippen LogP contribution in [0.2, 0.25) is 0 Å². The number of hydrogen-bond donors (Lipinski definition) is 0. The summed E-state index contributed by atoms with van der Waals surface area (Å²) in [6.45, 7) is 2.20. The fourth-order valence-corrected chi connectivity index (χ4v) is 4.66. The van der Waals surface area contributed by atoms with Crippen molar-refractivity contribution >= 4 is 11.8 Å². The van der Waals surface area contributed by atoms with E-state index < -0.39 is 5.41 Å². The summed E-state index contributed by atoms with van der Waals surface area (Å²) in [5.41, 5.74) is 0.840. The Hall–Kier alpha value is -3.09. The first-order valence-corrected chi connectivity index (χ1v) is 10.3. The smallest absolute Gasteiger partial charge is 0.272 e. The van der Waals surface area contributed by atoms with Crippen molar-refractivity contribution in [2.75, 3.05) is 33.9 Å². The van der Waals surface area contributed by atoms with Crippen LogP contribution < -0.4 is 9.47 Å². The summed E-state index contributed by atoms with van der Waals surface area (Å²) in [7, 11) is 3.22. The zero-order valence-corrected chi connectivity index (χ0v) is 17.5. The highest BCUT2D eigenvalue weighted by molar-refractivity contribution is 5.94. The van der Waals surface area contributed by atoms with Gasteiger partial charge < -0.3 is 19.3 Å². The largest absolute Gasteiger partial charge is 0.493 e. The van der Waals surface area contributed by atoms with Gasteiger partial charge in [-0.1, -0.05) is 18.2 Å². The van der Waals surface area contributed by atoms with Crippen LogP contribution in [-0.4, -0.2) is 60.5 Å². The molecule has 2 aromatic rings. The normalized spacial score (nSPS) is 21.2. The van der Waals surface area contributed by atoms with Crippen molar-refractivity contribution in [2.24, 2.45) is 5.41 Å². The number of benzene rings is 1. The average Bonchev–Trinajstić information content (AvgIpc) is 3.21. The fourth-order valence-electron chi connectivity index (χ4n) is 4.66. The Morgan fingerprint density at radius 2 is 1.97 bits per heavy atom. The van der Waals surface area contributed by atoms with Crippen LogP contribution in [0.15, 0.2) is 42.6 Å². The molecule has 1 atom stereocenters. The van der Waals surface area contributed by atoms with Gasteiger partial charge >= 0.3 is 0 Å². The van der Waals surface area contributed by atoms with E-state index in [4.69, 9.17) is 9.47 Å². The number of likely N-dealkylation sites (tertiary alicyclic amines) is 2. The van der Waals surface area contributed by atoms with E-state index in [1.807, 2.05) is 23.1 Å². The number of pyridine rings is 1. The molecule has 3 heterocycles. The zero-order valence-electron chi connectivity index (χ0n) is 17.5. The highest BCUT2D eigenvalue weighted by atomic mass is 16.5. The van der Waals surface area contributed by atoms with Gasteiger partial charge in [0, 0.05) is 37.9 Å². The predicted octanol–water partition coefficient (Wildman–Crippen LogP) is 2.75. The summed E-state index contributed by atoms with van der Waals surface area (Å²) < 4.78 is 10.9. The second-order valence-corrected chi connectivity index (χ2v) is 7.95. The number of nitrogens with zero attached hydrogens (tertiary/aromatic N) is 3. The predicted molar refractivity (Wildman–Crippen MR) is 111 cm³/mol. The van der Waals surface area contributed by atoms with Crippen LogP contribution in [-0.2, 0) is 11.3 Å². The first-order chi connectivity index (χ1) is 14.6. The maximum Gasteiger partial charge on any atom is 0.272 e. The fraction of sp³-hybridized carbons (Fsp3) is 0.435. The topological polar surface area (TPSA) is 72.0 Å². The standard InChI is InChI=1S/C23H27N3O4/c1-29-19-9-5-7-17(20(19)30-2)15-25-13-6-10-23(22(25)28)11-14-26(16-23)21(27)18-8-3-4-12-24-18/h3-5,7-9,12H,6,10-11,13-16H2,1-2H3. The van der Waals surface area contributed by atoms with Crippen LogP contribution in [0, 0.1) is 5.41 Å². The summed E-state index contributed by atoms with van der Waals surface area (Å²) >= 11 is 0. The number of rotatable bonds is 5. The van der Waals surface area contributed by atoms with E-state index in [0.717, 1.165) is 18.4 Å². The van der Waals surface area contributed by atoms with Crippen LogP contribution in [0.1, 0.15) is 35.3 Å². The van der Waals surface area contributed by atoms with Crippen LogP contribution >= 0.6 is 0 Å². The Bertz CT molecular complexity index is 933. The molecule has 1 aromatic carbocycles. The highest BCUT2D eigenvalue weighted by Crippen LogP contribution is 2.41. The zero-order chi connectivity index (χ0) is 21.1. The third kappa shape index (κ3) is 3.60. The molecule has 4 rings (SSSR count). The number of methoxy groups -OCH3 is 2. The van der Waals surface area contributed by atoms with Gasteiger partial charge in [-0.2, -0.15) is 0 Å². The molecule has 1 aromatic heterocycles. The molecule has 0 aliphatic carbocycles. The Morgan fingerprint density at radius 1 is 1.10 bits per heavy atom. The molecule has 2 aliphatic heterocycles. The lowest BCUT2D eigenvalue weighted by Gasteiger charge is -2.39. The van der Waals surface area contributed by atoms with Crippen molar-refractivity contribution in [2.45, 2.75) is 25.8 Å². The number of para-hydroxylation sites is 1. The molecule has 7 nitrogen and oxygen atoms in total. The monoisotopic (exact) mass is 409 g/mol. The molecule has 2 amide bonds. The molecule has 0 radical (unpaired) electrons. The molecule has 7 heteroatoms. The molecular weight excluding hydrogens is 382 g/mol. The third-order valence-electron chi connectivity index (χ3n) is 6.19. The minimum atomic E-state index is -0.505. The summed E-state index contributed by atoms with van der Waals surface area (Å²) in [5, 5.41) is 0. The van der Waals surface area contributed by atoms with Gasteiger partial charge in [-0.25, -0.2) is 0 Å². The van der Waals surface area contributed by atoms with E-state index in [2.05, 4.69) is 4.98 Å². The molecule has 2 saturated heterocycles. The number of piperidine rings is 1.